The Balaban J connectivity index is 2.33. The van der Waals surface area contributed by atoms with E-state index in [0.717, 1.165) is 16.5 Å². The van der Waals surface area contributed by atoms with Crippen molar-refractivity contribution in [3.8, 4) is 0 Å². The molecule has 0 radical (unpaired) electrons. The smallest absolute Gasteiger partial charge is 0.333 e. The molecule has 0 atom stereocenters. The van der Waals surface area contributed by atoms with Gasteiger partial charge in [-0.1, -0.05) is 18.2 Å². The molecule has 0 unspecified atom stereocenters. The number of esters is 1. The highest BCUT2D eigenvalue weighted by Gasteiger charge is 2.10. The number of carbonyl (C=O) groups is 1. The molecule has 1 heterocycles. The average molecular weight is 229 g/mol. The molecule has 17 heavy (non-hydrogen) atoms. The maximum Gasteiger partial charge on any atom is 0.333 e. The lowest BCUT2D eigenvalue weighted by Crippen LogP contribution is -2.05. The zero-order valence-electron chi connectivity index (χ0n) is 10.0. The summed E-state index contributed by atoms with van der Waals surface area (Å²) in [6.45, 7) is 5.79. The van der Waals surface area contributed by atoms with E-state index in [1.807, 2.05) is 19.2 Å². The van der Waals surface area contributed by atoms with Gasteiger partial charge in [-0.05, 0) is 24.6 Å². The predicted molar refractivity (Wildman–Crippen MR) is 67.9 cm³/mol. The van der Waals surface area contributed by atoms with Crippen LogP contribution in [0.3, 0.4) is 0 Å². The highest BCUT2D eigenvalue weighted by molar-refractivity contribution is 5.90. The number of H-pyrrole nitrogens is 1. The summed E-state index contributed by atoms with van der Waals surface area (Å²) >= 11 is 0. The highest BCUT2D eigenvalue weighted by atomic mass is 16.5. The van der Waals surface area contributed by atoms with Gasteiger partial charge in [0.2, 0.25) is 0 Å². The van der Waals surface area contributed by atoms with Crippen LogP contribution in [-0.4, -0.2) is 18.1 Å². The molecule has 88 valence electrons. The molecule has 0 aliphatic rings. The van der Waals surface area contributed by atoms with Gasteiger partial charge in [0.15, 0.2) is 0 Å². The molecule has 0 spiro atoms. The van der Waals surface area contributed by atoms with Gasteiger partial charge in [0.05, 0.1) is 7.11 Å². The van der Waals surface area contributed by atoms with Crippen LogP contribution in [0.1, 0.15) is 11.1 Å². The Bertz CT molecular complexity index is 581. The van der Waals surface area contributed by atoms with Crippen LogP contribution < -0.4 is 0 Å². The Labute approximate surface area is 100 Å². The van der Waals surface area contributed by atoms with Gasteiger partial charge in [-0.15, -0.1) is 0 Å². The lowest BCUT2D eigenvalue weighted by Gasteiger charge is -2.02. The first-order valence-electron chi connectivity index (χ1n) is 5.44. The van der Waals surface area contributed by atoms with E-state index >= 15 is 0 Å². The van der Waals surface area contributed by atoms with Crippen LogP contribution in [0.2, 0.25) is 0 Å². The fourth-order valence-corrected chi connectivity index (χ4v) is 1.88. The monoisotopic (exact) mass is 229 g/mol. The molecule has 3 heteroatoms. The number of nitrogens with one attached hydrogen (secondary N) is 1. The molecule has 0 saturated heterocycles. The predicted octanol–water partition coefficient (Wildman–Crippen LogP) is 2.75. The molecule has 0 aliphatic heterocycles. The van der Waals surface area contributed by atoms with E-state index in [-0.39, 0.29) is 5.97 Å². The molecule has 0 saturated carbocycles. The quantitative estimate of drug-likeness (QED) is 0.649. The molecule has 1 aromatic heterocycles. The number of methoxy groups -OCH3 is 1. The van der Waals surface area contributed by atoms with Crippen molar-refractivity contribution in [1.29, 1.82) is 0 Å². The molecule has 0 aliphatic carbocycles. The fraction of sp³-hybridized carbons (Fsp3) is 0.214. The number of hydrogen-bond donors (Lipinski definition) is 1. The average Bonchev–Trinajstić information content (AvgIpc) is 2.71. The summed E-state index contributed by atoms with van der Waals surface area (Å²) in [6.07, 6.45) is 2.42. The first-order valence-corrected chi connectivity index (χ1v) is 5.44. The Morgan fingerprint density at radius 3 is 2.94 bits per heavy atom. The van der Waals surface area contributed by atoms with Gasteiger partial charge in [-0.25, -0.2) is 4.79 Å². The maximum atomic E-state index is 11.3. The summed E-state index contributed by atoms with van der Waals surface area (Å²) in [5.74, 6) is -0.355. The third-order valence-electron chi connectivity index (χ3n) is 2.80. The molecule has 0 fully saturated rings. The van der Waals surface area contributed by atoms with Crippen LogP contribution in [0.5, 0.6) is 0 Å². The van der Waals surface area contributed by atoms with Gasteiger partial charge >= 0.3 is 5.97 Å². The maximum absolute atomic E-state index is 11.3. The number of aromatic nitrogens is 1. The van der Waals surface area contributed by atoms with Crippen LogP contribution >= 0.6 is 0 Å². The molecule has 0 amide bonds. The van der Waals surface area contributed by atoms with Crippen molar-refractivity contribution in [2.75, 3.05) is 7.11 Å². The van der Waals surface area contributed by atoms with E-state index in [4.69, 9.17) is 0 Å². The van der Waals surface area contributed by atoms with Gasteiger partial charge in [0.1, 0.15) is 0 Å². The van der Waals surface area contributed by atoms with Crippen molar-refractivity contribution in [3.05, 3.63) is 47.7 Å². The Hall–Kier alpha value is -2.03. The topological polar surface area (TPSA) is 42.1 Å². The third kappa shape index (κ3) is 2.23. The van der Waals surface area contributed by atoms with Gasteiger partial charge in [0, 0.05) is 29.1 Å². The van der Waals surface area contributed by atoms with Crippen molar-refractivity contribution in [2.24, 2.45) is 0 Å². The fourth-order valence-electron chi connectivity index (χ4n) is 1.88. The number of aromatic amines is 1. The Morgan fingerprint density at radius 1 is 1.47 bits per heavy atom. The number of hydrogen-bond acceptors (Lipinski definition) is 2. The van der Waals surface area contributed by atoms with E-state index in [2.05, 4.69) is 28.4 Å². The third-order valence-corrected chi connectivity index (χ3v) is 2.80. The van der Waals surface area contributed by atoms with Gasteiger partial charge in [-0.2, -0.15) is 0 Å². The molecule has 2 rings (SSSR count). The standard InChI is InChI=1S/C14H15NO2/c1-9-4-5-13-12(6-9)11(8-15-13)7-10(2)14(16)17-3/h4-6,8,15H,2,7H2,1,3H3. The number of benzene rings is 1. The van der Waals surface area contributed by atoms with Crippen molar-refractivity contribution < 1.29 is 9.53 Å². The number of ether oxygens (including phenoxy) is 1. The summed E-state index contributed by atoms with van der Waals surface area (Å²) in [7, 11) is 1.37. The Morgan fingerprint density at radius 2 is 2.24 bits per heavy atom. The zero-order chi connectivity index (χ0) is 12.4. The van der Waals surface area contributed by atoms with E-state index < -0.39 is 0 Å². The minimum absolute atomic E-state index is 0.355. The minimum Gasteiger partial charge on any atom is -0.466 e. The number of carbonyl (C=O) groups excluding carboxylic acids is 1. The lowest BCUT2D eigenvalue weighted by molar-refractivity contribution is -0.136. The molecule has 2 aromatic rings. The molecule has 0 bridgehead atoms. The molecule has 1 N–H and O–H groups in total. The van der Waals surface area contributed by atoms with Gasteiger partial charge < -0.3 is 9.72 Å². The second-order valence-corrected chi connectivity index (χ2v) is 4.13. The summed E-state index contributed by atoms with van der Waals surface area (Å²) < 4.78 is 4.65. The Kier molecular flexibility index (Phi) is 3.00. The number of fused-ring (bicyclic) bond motifs is 1. The van der Waals surface area contributed by atoms with E-state index in [9.17, 15) is 4.79 Å². The van der Waals surface area contributed by atoms with E-state index in [1.165, 1.54) is 12.7 Å². The van der Waals surface area contributed by atoms with Gasteiger partial charge in [-0.3, -0.25) is 0 Å². The first kappa shape index (κ1) is 11.5. The van der Waals surface area contributed by atoms with Crippen molar-refractivity contribution in [3.63, 3.8) is 0 Å². The number of rotatable bonds is 3. The second kappa shape index (κ2) is 4.45. The van der Waals surface area contributed by atoms with E-state index in [0.29, 0.717) is 12.0 Å². The minimum atomic E-state index is -0.355. The van der Waals surface area contributed by atoms with Crippen molar-refractivity contribution in [1.82, 2.24) is 4.98 Å². The first-order chi connectivity index (χ1) is 8.11. The summed E-state index contributed by atoms with van der Waals surface area (Å²) in [4.78, 5) is 14.5. The zero-order valence-corrected chi connectivity index (χ0v) is 10.0. The van der Waals surface area contributed by atoms with Crippen LogP contribution in [0.15, 0.2) is 36.5 Å². The molecule has 1 aromatic carbocycles. The molecule has 3 nitrogen and oxygen atoms in total. The summed E-state index contributed by atoms with van der Waals surface area (Å²) in [6, 6.07) is 6.19. The van der Waals surface area contributed by atoms with Crippen LogP contribution in [0, 0.1) is 6.92 Å². The largest absolute Gasteiger partial charge is 0.466 e. The van der Waals surface area contributed by atoms with E-state index in [1.54, 1.807) is 0 Å². The molecular weight excluding hydrogens is 214 g/mol. The normalized spacial score (nSPS) is 10.5. The highest BCUT2D eigenvalue weighted by Crippen LogP contribution is 2.21. The second-order valence-electron chi connectivity index (χ2n) is 4.13. The van der Waals surface area contributed by atoms with Gasteiger partial charge in [0.25, 0.3) is 0 Å². The SMILES string of the molecule is C=C(Cc1c[nH]c2ccc(C)cc12)C(=O)OC. The molecular formula is C14H15NO2. The van der Waals surface area contributed by atoms with Crippen molar-refractivity contribution in [2.45, 2.75) is 13.3 Å². The van der Waals surface area contributed by atoms with Crippen LogP contribution in [0.4, 0.5) is 0 Å². The number of aryl methyl sites for hydroxylation is 1. The summed E-state index contributed by atoms with van der Waals surface area (Å²) in [5, 5.41) is 1.13. The summed E-state index contributed by atoms with van der Waals surface area (Å²) in [5.41, 5.74) is 3.80. The van der Waals surface area contributed by atoms with Crippen LogP contribution in [0.25, 0.3) is 10.9 Å². The van der Waals surface area contributed by atoms with Crippen molar-refractivity contribution >= 4 is 16.9 Å². The lowest BCUT2D eigenvalue weighted by atomic mass is 10.0. The van der Waals surface area contributed by atoms with Crippen LogP contribution in [-0.2, 0) is 16.0 Å².